The lowest BCUT2D eigenvalue weighted by Gasteiger charge is -2.23. The van der Waals surface area contributed by atoms with Crippen molar-refractivity contribution in [2.75, 3.05) is 7.11 Å². The van der Waals surface area contributed by atoms with E-state index in [4.69, 9.17) is 4.74 Å². The highest BCUT2D eigenvalue weighted by Gasteiger charge is 2.28. The molecule has 2 heterocycles. The number of benzene rings is 1. The molecule has 2 amide bonds. The van der Waals surface area contributed by atoms with Gasteiger partial charge in [0, 0.05) is 42.8 Å². The SMILES string of the molecule is COc1ccccc1-n1cc(CNC(=O)c2cn(C3CC3)cc(C(=O)NC3CCCCC3)c2=O)cn1. The number of nitrogens with one attached hydrogen (secondary N) is 2. The van der Waals surface area contributed by atoms with Crippen molar-refractivity contribution >= 4 is 11.8 Å². The van der Waals surface area contributed by atoms with E-state index < -0.39 is 17.2 Å². The van der Waals surface area contributed by atoms with Crippen LogP contribution in [0.5, 0.6) is 5.75 Å². The number of hydrogen-bond donors (Lipinski definition) is 2. The zero-order chi connectivity index (χ0) is 25.1. The summed E-state index contributed by atoms with van der Waals surface area (Å²) < 4.78 is 8.91. The third-order valence-corrected chi connectivity index (χ3v) is 6.86. The van der Waals surface area contributed by atoms with Crippen molar-refractivity contribution in [1.29, 1.82) is 0 Å². The van der Waals surface area contributed by atoms with E-state index in [0.29, 0.717) is 5.75 Å². The van der Waals surface area contributed by atoms with Crippen LogP contribution in [0.4, 0.5) is 0 Å². The van der Waals surface area contributed by atoms with E-state index in [-0.39, 0.29) is 29.8 Å². The quantitative estimate of drug-likeness (QED) is 0.505. The van der Waals surface area contributed by atoms with Crippen molar-refractivity contribution in [2.24, 2.45) is 0 Å². The molecule has 36 heavy (non-hydrogen) atoms. The highest BCUT2D eigenvalue weighted by molar-refractivity contribution is 5.99. The van der Waals surface area contributed by atoms with E-state index in [1.54, 1.807) is 36.6 Å². The molecule has 9 nitrogen and oxygen atoms in total. The lowest BCUT2D eigenvalue weighted by molar-refractivity contribution is 0.0925. The van der Waals surface area contributed by atoms with Crippen LogP contribution in [0.3, 0.4) is 0 Å². The molecule has 2 saturated carbocycles. The normalized spacial score (nSPS) is 15.9. The Morgan fingerprint density at radius 2 is 1.72 bits per heavy atom. The molecule has 3 aromatic rings. The Bertz CT molecular complexity index is 1320. The standard InChI is InChI=1S/C27H31N5O4/c1-36-24-10-6-5-9-23(24)32-15-18(14-29-32)13-28-26(34)21-16-31(20-11-12-20)17-22(25(21)33)27(35)30-19-7-3-2-4-8-19/h5-6,9-10,14-17,19-20H,2-4,7-8,11-13H2,1H3,(H,28,34)(H,30,35). The fourth-order valence-corrected chi connectivity index (χ4v) is 4.69. The first-order chi connectivity index (χ1) is 17.5. The second kappa shape index (κ2) is 10.4. The van der Waals surface area contributed by atoms with Gasteiger partial charge in [0.15, 0.2) is 0 Å². The minimum atomic E-state index is -0.539. The Labute approximate surface area is 209 Å². The zero-order valence-corrected chi connectivity index (χ0v) is 20.4. The number of para-hydroxylation sites is 2. The molecule has 2 aromatic heterocycles. The molecule has 5 rings (SSSR count). The van der Waals surface area contributed by atoms with E-state index in [2.05, 4.69) is 15.7 Å². The molecule has 0 bridgehead atoms. The minimum absolute atomic E-state index is 0.0182. The first-order valence-corrected chi connectivity index (χ1v) is 12.6. The number of rotatable bonds is 8. The molecule has 0 radical (unpaired) electrons. The average molecular weight is 490 g/mol. The molecule has 0 saturated heterocycles. The van der Waals surface area contributed by atoms with Crippen LogP contribution in [0, 0.1) is 0 Å². The van der Waals surface area contributed by atoms with Gasteiger partial charge in [0.25, 0.3) is 11.8 Å². The van der Waals surface area contributed by atoms with Crippen LogP contribution in [-0.2, 0) is 6.54 Å². The average Bonchev–Trinajstić information content (AvgIpc) is 3.65. The lowest BCUT2D eigenvalue weighted by Crippen LogP contribution is -2.40. The minimum Gasteiger partial charge on any atom is -0.494 e. The maximum atomic E-state index is 13.2. The number of pyridine rings is 1. The van der Waals surface area contributed by atoms with Gasteiger partial charge in [-0.2, -0.15) is 5.10 Å². The molecule has 0 spiro atoms. The Morgan fingerprint density at radius 3 is 2.44 bits per heavy atom. The van der Waals surface area contributed by atoms with E-state index in [1.807, 2.05) is 28.8 Å². The zero-order valence-electron chi connectivity index (χ0n) is 20.4. The van der Waals surface area contributed by atoms with Crippen molar-refractivity contribution in [3.63, 3.8) is 0 Å². The van der Waals surface area contributed by atoms with Gasteiger partial charge >= 0.3 is 0 Å². The Hall–Kier alpha value is -3.88. The Morgan fingerprint density at radius 1 is 1.00 bits per heavy atom. The van der Waals surface area contributed by atoms with Crippen LogP contribution in [0.2, 0.25) is 0 Å². The van der Waals surface area contributed by atoms with Crippen LogP contribution in [0.15, 0.2) is 53.8 Å². The second-order valence-electron chi connectivity index (χ2n) is 9.55. The highest BCUT2D eigenvalue weighted by Crippen LogP contribution is 2.34. The molecule has 188 valence electrons. The van der Waals surface area contributed by atoms with Crippen LogP contribution in [0.1, 0.15) is 77.3 Å². The van der Waals surface area contributed by atoms with Crippen molar-refractivity contribution in [3.8, 4) is 11.4 Å². The number of hydrogen-bond acceptors (Lipinski definition) is 5. The molecule has 9 heteroatoms. The van der Waals surface area contributed by atoms with Crippen LogP contribution in [0.25, 0.3) is 5.69 Å². The molecular weight excluding hydrogens is 458 g/mol. The lowest BCUT2D eigenvalue weighted by atomic mass is 9.95. The van der Waals surface area contributed by atoms with Gasteiger partial charge < -0.3 is 19.9 Å². The van der Waals surface area contributed by atoms with Gasteiger partial charge in [0.1, 0.15) is 22.6 Å². The molecule has 2 aliphatic rings. The molecule has 2 N–H and O–H groups in total. The summed E-state index contributed by atoms with van der Waals surface area (Å²) >= 11 is 0. The van der Waals surface area contributed by atoms with E-state index in [9.17, 15) is 14.4 Å². The summed E-state index contributed by atoms with van der Waals surface area (Å²) in [6.45, 7) is 0.190. The fraction of sp³-hybridized carbons (Fsp3) is 0.407. The Balaban J connectivity index is 1.32. The van der Waals surface area contributed by atoms with Gasteiger partial charge in [-0.25, -0.2) is 4.68 Å². The predicted octanol–water partition coefficient (Wildman–Crippen LogP) is 3.37. The van der Waals surface area contributed by atoms with Gasteiger partial charge in [0.2, 0.25) is 5.43 Å². The molecule has 0 aliphatic heterocycles. The molecule has 0 atom stereocenters. The smallest absolute Gasteiger partial charge is 0.257 e. The number of carbonyl (C=O) groups is 2. The van der Waals surface area contributed by atoms with Gasteiger partial charge in [-0.15, -0.1) is 0 Å². The molecule has 0 unspecified atom stereocenters. The van der Waals surface area contributed by atoms with E-state index in [0.717, 1.165) is 49.8 Å². The number of ether oxygens (including phenoxy) is 1. The summed E-state index contributed by atoms with van der Waals surface area (Å²) in [5.74, 6) is -0.221. The third kappa shape index (κ3) is 5.19. The first-order valence-electron chi connectivity index (χ1n) is 12.6. The summed E-state index contributed by atoms with van der Waals surface area (Å²) in [5.41, 5.74) is 1.02. The molecule has 1 aromatic carbocycles. The number of nitrogens with zero attached hydrogens (tertiary/aromatic N) is 3. The maximum Gasteiger partial charge on any atom is 0.257 e. The number of amides is 2. The van der Waals surface area contributed by atoms with Crippen molar-refractivity contribution in [3.05, 3.63) is 76.0 Å². The van der Waals surface area contributed by atoms with Crippen LogP contribution in [-0.4, -0.2) is 39.3 Å². The summed E-state index contributed by atoms with van der Waals surface area (Å²) in [6, 6.07) is 7.81. The summed E-state index contributed by atoms with van der Waals surface area (Å²) in [4.78, 5) is 39.3. The van der Waals surface area contributed by atoms with Gasteiger partial charge in [-0.3, -0.25) is 14.4 Å². The molecule has 2 fully saturated rings. The van der Waals surface area contributed by atoms with Crippen LogP contribution < -0.4 is 20.8 Å². The van der Waals surface area contributed by atoms with Crippen molar-refractivity contribution < 1.29 is 14.3 Å². The number of aromatic nitrogens is 3. The fourth-order valence-electron chi connectivity index (χ4n) is 4.69. The number of methoxy groups -OCH3 is 1. The first kappa shape index (κ1) is 23.8. The van der Waals surface area contributed by atoms with Crippen molar-refractivity contribution in [2.45, 2.75) is 63.6 Å². The molecular formula is C27H31N5O4. The topological polar surface area (TPSA) is 107 Å². The van der Waals surface area contributed by atoms with Gasteiger partial charge in [0.05, 0.1) is 13.3 Å². The van der Waals surface area contributed by atoms with Gasteiger partial charge in [-0.1, -0.05) is 31.4 Å². The molecule has 2 aliphatic carbocycles. The maximum absolute atomic E-state index is 13.2. The second-order valence-corrected chi connectivity index (χ2v) is 9.55. The predicted molar refractivity (Wildman–Crippen MR) is 135 cm³/mol. The monoisotopic (exact) mass is 489 g/mol. The number of carbonyl (C=O) groups excluding carboxylic acids is 2. The van der Waals surface area contributed by atoms with Crippen molar-refractivity contribution in [1.82, 2.24) is 25.0 Å². The van der Waals surface area contributed by atoms with Gasteiger partial charge in [-0.05, 0) is 37.8 Å². The van der Waals surface area contributed by atoms with E-state index >= 15 is 0 Å². The summed E-state index contributed by atoms with van der Waals surface area (Å²) in [7, 11) is 1.60. The largest absolute Gasteiger partial charge is 0.494 e. The Kier molecular flexibility index (Phi) is 6.88. The summed E-state index contributed by atoms with van der Waals surface area (Å²) in [5, 5.41) is 10.2. The third-order valence-electron chi connectivity index (χ3n) is 6.86. The van der Waals surface area contributed by atoms with E-state index in [1.165, 1.54) is 6.42 Å². The van der Waals surface area contributed by atoms with Crippen LogP contribution >= 0.6 is 0 Å². The summed E-state index contributed by atoms with van der Waals surface area (Å²) in [6.07, 6.45) is 13.7. The highest BCUT2D eigenvalue weighted by atomic mass is 16.5.